The number of carbonyl (C=O) groups excluding carboxylic acids is 2. The van der Waals surface area contributed by atoms with Crippen LogP contribution in [0.15, 0.2) is 30.3 Å². The average molecular weight is 380 g/mol. The summed E-state index contributed by atoms with van der Waals surface area (Å²) in [6, 6.07) is 9.87. The Hall–Kier alpha value is -2.82. The number of carbonyl (C=O) groups is 2. The van der Waals surface area contributed by atoms with Crippen LogP contribution >= 0.6 is 0 Å². The van der Waals surface area contributed by atoms with Crippen LogP contribution in [-0.4, -0.2) is 43.3 Å². The molecule has 0 bridgehead atoms. The summed E-state index contributed by atoms with van der Waals surface area (Å²) in [5.41, 5.74) is 6.07. The zero-order valence-corrected chi connectivity index (χ0v) is 17.5. The van der Waals surface area contributed by atoms with Crippen LogP contribution in [0.3, 0.4) is 0 Å². The summed E-state index contributed by atoms with van der Waals surface area (Å²) in [4.78, 5) is 28.5. The maximum atomic E-state index is 12.6. The highest BCUT2D eigenvalue weighted by atomic mass is 16.5. The maximum absolute atomic E-state index is 12.6. The number of hydrogen-bond acceptors (Lipinski definition) is 4. The predicted molar refractivity (Wildman–Crippen MR) is 111 cm³/mol. The van der Waals surface area contributed by atoms with E-state index in [0.717, 1.165) is 33.5 Å². The van der Waals surface area contributed by atoms with Gasteiger partial charge in [-0.2, -0.15) is 0 Å². The van der Waals surface area contributed by atoms with Crippen LogP contribution in [0.5, 0.6) is 5.75 Å². The van der Waals surface area contributed by atoms with Crippen molar-refractivity contribution in [2.75, 3.05) is 25.5 Å². The van der Waals surface area contributed by atoms with Crippen LogP contribution in [0.25, 0.3) is 0 Å². The van der Waals surface area contributed by atoms with Crippen molar-refractivity contribution in [3.05, 3.63) is 58.1 Å². The van der Waals surface area contributed by atoms with Gasteiger partial charge < -0.3 is 14.5 Å². The van der Waals surface area contributed by atoms with E-state index in [1.165, 1.54) is 0 Å². The molecule has 1 aliphatic rings. The van der Waals surface area contributed by atoms with E-state index in [4.69, 9.17) is 4.74 Å². The van der Waals surface area contributed by atoms with Crippen molar-refractivity contribution in [2.24, 2.45) is 0 Å². The normalized spacial score (nSPS) is 15.6. The molecule has 3 rings (SSSR count). The summed E-state index contributed by atoms with van der Waals surface area (Å²) in [7, 11) is 3.48. The van der Waals surface area contributed by atoms with Gasteiger partial charge in [-0.25, -0.2) is 0 Å². The standard InChI is InChI=1S/C23H28N2O3/c1-14-11-15(2)22(17(4)26)16(3)18(14)12-25-13-21(23(27)24(5)6)28-20-10-8-7-9-19(20)25/h7-11,21H,12-13H2,1-6H3/t21-/m0/s1. The largest absolute Gasteiger partial charge is 0.477 e. The number of para-hydroxylation sites is 2. The minimum absolute atomic E-state index is 0.0544. The number of aryl methyl sites for hydroxylation is 2. The monoisotopic (exact) mass is 380 g/mol. The number of anilines is 1. The molecule has 0 spiro atoms. The van der Waals surface area contributed by atoms with E-state index in [1.54, 1.807) is 25.9 Å². The molecule has 0 aromatic heterocycles. The number of hydrogen-bond donors (Lipinski definition) is 0. The second kappa shape index (κ2) is 7.66. The molecule has 0 aliphatic carbocycles. The molecule has 2 aromatic rings. The van der Waals surface area contributed by atoms with Gasteiger partial charge in [-0.1, -0.05) is 18.2 Å². The minimum Gasteiger partial charge on any atom is -0.477 e. The van der Waals surface area contributed by atoms with Gasteiger partial charge in [0.2, 0.25) is 0 Å². The van der Waals surface area contributed by atoms with Crippen molar-refractivity contribution in [1.82, 2.24) is 4.90 Å². The average Bonchev–Trinajstić information content (AvgIpc) is 2.63. The van der Waals surface area contributed by atoms with Crippen molar-refractivity contribution in [3.8, 4) is 5.75 Å². The van der Waals surface area contributed by atoms with Gasteiger partial charge in [0.05, 0.1) is 12.2 Å². The second-order valence-corrected chi connectivity index (χ2v) is 7.73. The minimum atomic E-state index is -0.553. The first-order valence-corrected chi connectivity index (χ1v) is 9.53. The lowest BCUT2D eigenvalue weighted by atomic mass is 9.91. The van der Waals surface area contributed by atoms with Crippen molar-refractivity contribution in [1.29, 1.82) is 0 Å². The quantitative estimate of drug-likeness (QED) is 0.760. The highest BCUT2D eigenvalue weighted by Gasteiger charge is 2.32. The fraction of sp³-hybridized carbons (Fsp3) is 0.391. The number of Topliss-reactive ketones (excluding diaryl/α,β-unsaturated/α-hetero) is 1. The van der Waals surface area contributed by atoms with E-state index in [9.17, 15) is 9.59 Å². The van der Waals surface area contributed by atoms with E-state index in [-0.39, 0.29) is 11.7 Å². The van der Waals surface area contributed by atoms with Crippen molar-refractivity contribution in [3.63, 3.8) is 0 Å². The van der Waals surface area contributed by atoms with Crippen molar-refractivity contribution >= 4 is 17.4 Å². The molecule has 1 amide bonds. The number of likely N-dealkylation sites (N-methyl/N-ethyl adjacent to an activating group) is 1. The van der Waals surface area contributed by atoms with Crippen LogP contribution in [0.1, 0.15) is 39.5 Å². The van der Waals surface area contributed by atoms with Crippen molar-refractivity contribution < 1.29 is 14.3 Å². The first-order chi connectivity index (χ1) is 13.2. The van der Waals surface area contributed by atoms with Crippen LogP contribution in [0.2, 0.25) is 0 Å². The smallest absolute Gasteiger partial charge is 0.265 e. The van der Waals surface area contributed by atoms with Crippen LogP contribution < -0.4 is 9.64 Å². The van der Waals surface area contributed by atoms with Crippen molar-refractivity contribution in [2.45, 2.75) is 40.3 Å². The fourth-order valence-corrected chi connectivity index (χ4v) is 4.08. The lowest BCUT2D eigenvalue weighted by Gasteiger charge is -2.37. The third-order valence-corrected chi connectivity index (χ3v) is 5.41. The van der Waals surface area contributed by atoms with Crippen LogP contribution in [-0.2, 0) is 11.3 Å². The Morgan fingerprint density at radius 2 is 1.82 bits per heavy atom. The van der Waals surface area contributed by atoms with E-state index in [2.05, 4.69) is 17.9 Å². The SMILES string of the molecule is CC(=O)c1c(C)cc(C)c(CN2C[C@@H](C(=O)N(C)C)Oc3ccccc32)c1C. The first-order valence-electron chi connectivity index (χ1n) is 9.53. The Balaban J connectivity index is 2.03. The number of ether oxygens (including phenoxy) is 1. The number of rotatable bonds is 4. The highest BCUT2D eigenvalue weighted by molar-refractivity contribution is 5.97. The third-order valence-electron chi connectivity index (χ3n) is 5.41. The van der Waals surface area contributed by atoms with E-state index in [1.807, 2.05) is 38.1 Å². The van der Waals surface area contributed by atoms with Gasteiger partial charge in [0.25, 0.3) is 5.91 Å². The fourth-order valence-electron chi connectivity index (χ4n) is 4.08. The molecular formula is C23H28N2O3. The summed E-state index contributed by atoms with van der Waals surface area (Å²) in [6.07, 6.45) is -0.553. The number of fused-ring (bicyclic) bond motifs is 1. The van der Waals surface area contributed by atoms with Gasteiger partial charge in [-0.3, -0.25) is 9.59 Å². The molecule has 1 atom stereocenters. The van der Waals surface area contributed by atoms with Gasteiger partial charge in [0.1, 0.15) is 5.75 Å². The van der Waals surface area contributed by atoms with Gasteiger partial charge in [0.15, 0.2) is 11.9 Å². The Morgan fingerprint density at radius 1 is 1.14 bits per heavy atom. The first kappa shape index (κ1) is 19.9. The highest BCUT2D eigenvalue weighted by Crippen LogP contribution is 2.35. The number of benzene rings is 2. The van der Waals surface area contributed by atoms with Gasteiger partial charge in [-0.15, -0.1) is 0 Å². The summed E-state index contributed by atoms with van der Waals surface area (Å²) in [6.45, 7) is 8.78. The summed E-state index contributed by atoms with van der Waals surface area (Å²) in [5, 5.41) is 0. The van der Waals surface area contributed by atoms with Gasteiger partial charge in [-0.05, 0) is 62.1 Å². The molecule has 0 fully saturated rings. The molecule has 1 heterocycles. The molecule has 0 saturated carbocycles. The Labute approximate surface area is 166 Å². The molecule has 5 heteroatoms. The topological polar surface area (TPSA) is 49.9 Å². The zero-order valence-electron chi connectivity index (χ0n) is 17.5. The molecule has 28 heavy (non-hydrogen) atoms. The van der Waals surface area contributed by atoms with E-state index < -0.39 is 6.10 Å². The molecule has 2 aromatic carbocycles. The summed E-state index contributed by atoms with van der Waals surface area (Å²) in [5.74, 6) is 0.740. The molecular weight excluding hydrogens is 352 g/mol. The molecule has 0 saturated heterocycles. The third kappa shape index (κ3) is 3.61. The lowest BCUT2D eigenvalue weighted by Crippen LogP contribution is -2.48. The molecule has 148 valence electrons. The van der Waals surface area contributed by atoms with Gasteiger partial charge in [0, 0.05) is 26.2 Å². The van der Waals surface area contributed by atoms with E-state index >= 15 is 0 Å². The second-order valence-electron chi connectivity index (χ2n) is 7.73. The lowest BCUT2D eigenvalue weighted by molar-refractivity contribution is -0.136. The predicted octanol–water partition coefficient (Wildman–Crippen LogP) is 3.67. The number of ketones is 1. The number of nitrogens with zero attached hydrogens (tertiary/aromatic N) is 2. The Kier molecular flexibility index (Phi) is 5.45. The molecule has 0 unspecified atom stereocenters. The Bertz CT molecular complexity index is 934. The Morgan fingerprint density at radius 3 is 2.46 bits per heavy atom. The zero-order chi connectivity index (χ0) is 20.6. The van der Waals surface area contributed by atoms with Crippen LogP contribution in [0, 0.1) is 20.8 Å². The molecule has 0 N–H and O–H groups in total. The molecule has 1 aliphatic heterocycles. The molecule has 5 nitrogen and oxygen atoms in total. The van der Waals surface area contributed by atoms with Crippen LogP contribution in [0.4, 0.5) is 5.69 Å². The van der Waals surface area contributed by atoms with Gasteiger partial charge >= 0.3 is 0 Å². The summed E-state index contributed by atoms with van der Waals surface area (Å²) >= 11 is 0. The molecule has 0 radical (unpaired) electrons. The summed E-state index contributed by atoms with van der Waals surface area (Å²) < 4.78 is 5.98. The van der Waals surface area contributed by atoms with E-state index in [0.29, 0.717) is 18.8 Å². The number of amides is 1. The maximum Gasteiger partial charge on any atom is 0.265 e.